The van der Waals surface area contributed by atoms with Gasteiger partial charge in [-0.2, -0.15) is 5.10 Å². The zero-order valence-corrected chi connectivity index (χ0v) is 16.1. The maximum absolute atomic E-state index is 5.65. The molecule has 0 fully saturated rings. The average Bonchev–Trinajstić information content (AvgIpc) is 2.88. The Morgan fingerprint density at radius 2 is 1.89 bits per heavy atom. The van der Waals surface area contributed by atoms with Crippen LogP contribution in [0.15, 0.2) is 42.5 Å². The number of hydrogen-bond acceptors (Lipinski definition) is 4. The Morgan fingerprint density at radius 3 is 2.67 bits per heavy atom. The average molecular weight is 363 g/mol. The molecule has 0 saturated carbocycles. The molecule has 1 aromatic heterocycles. The molecule has 0 radical (unpaired) electrons. The van der Waals surface area contributed by atoms with Crippen LogP contribution in [-0.2, 0) is 6.42 Å². The largest absolute Gasteiger partial charge is 0.497 e. The Bertz CT molecular complexity index is 962. The van der Waals surface area contributed by atoms with E-state index in [0.717, 1.165) is 60.1 Å². The molecule has 0 atom stereocenters. The number of fused-ring (bicyclic) bond motifs is 1. The smallest absolute Gasteiger partial charge is 0.133 e. The monoisotopic (exact) mass is 363 g/mol. The summed E-state index contributed by atoms with van der Waals surface area (Å²) in [6.45, 7) is 3.08. The highest BCUT2D eigenvalue weighted by molar-refractivity contribution is 5.76. The molecule has 27 heavy (non-hydrogen) atoms. The van der Waals surface area contributed by atoms with Gasteiger partial charge in [0.1, 0.15) is 23.0 Å². The highest BCUT2D eigenvalue weighted by atomic mass is 16.5. The molecular formula is C22H25N3O2. The van der Waals surface area contributed by atoms with Gasteiger partial charge in [-0.3, -0.25) is 0 Å². The second kappa shape index (κ2) is 7.35. The summed E-state index contributed by atoms with van der Waals surface area (Å²) in [6.07, 6.45) is 3.30. The number of nitrogens with zero attached hydrogens (tertiary/aromatic N) is 2. The minimum atomic E-state index is 0.774. The van der Waals surface area contributed by atoms with Crippen molar-refractivity contribution in [3.63, 3.8) is 0 Å². The SMILES string of the molecule is COc1ccc(-c2nn(-c3ccccc3C)c3c2CCCCN3)c(OC)c1. The number of benzene rings is 2. The van der Waals surface area contributed by atoms with Crippen LogP contribution < -0.4 is 14.8 Å². The number of aryl methyl sites for hydroxylation is 1. The van der Waals surface area contributed by atoms with E-state index in [1.165, 1.54) is 11.1 Å². The van der Waals surface area contributed by atoms with Gasteiger partial charge in [-0.05, 0) is 49.9 Å². The van der Waals surface area contributed by atoms with Crippen molar-refractivity contribution in [1.82, 2.24) is 9.78 Å². The van der Waals surface area contributed by atoms with Crippen LogP contribution in [0.4, 0.5) is 5.82 Å². The van der Waals surface area contributed by atoms with Crippen molar-refractivity contribution in [2.24, 2.45) is 0 Å². The maximum atomic E-state index is 5.65. The minimum absolute atomic E-state index is 0.774. The molecule has 1 aliphatic rings. The molecule has 2 heterocycles. The number of aromatic nitrogens is 2. The first-order chi connectivity index (χ1) is 13.2. The molecule has 2 aromatic carbocycles. The lowest BCUT2D eigenvalue weighted by molar-refractivity contribution is 0.395. The van der Waals surface area contributed by atoms with Gasteiger partial charge in [0.05, 0.1) is 19.9 Å². The maximum Gasteiger partial charge on any atom is 0.133 e. The fraction of sp³-hybridized carbons (Fsp3) is 0.318. The molecule has 5 nitrogen and oxygen atoms in total. The normalized spacial score (nSPS) is 13.4. The van der Waals surface area contributed by atoms with E-state index in [1.807, 2.05) is 18.2 Å². The Kier molecular flexibility index (Phi) is 4.75. The summed E-state index contributed by atoms with van der Waals surface area (Å²) in [5, 5.41) is 8.64. The van der Waals surface area contributed by atoms with Crippen LogP contribution in [0, 0.1) is 6.92 Å². The van der Waals surface area contributed by atoms with E-state index in [1.54, 1.807) is 14.2 Å². The summed E-state index contributed by atoms with van der Waals surface area (Å²) in [5.41, 5.74) is 5.51. The Hall–Kier alpha value is -2.95. The van der Waals surface area contributed by atoms with Gasteiger partial charge in [0, 0.05) is 23.7 Å². The molecule has 0 amide bonds. The number of ether oxygens (including phenoxy) is 2. The number of hydrogen-bond donors (Lipinski definition) is 1. The van der Waals surface area contributed by atoms with Crippen molar-refractivity contribution in [3.05, 3.63) is 53.6 Å². The van der Waals surface area contributed by atoms with E-state index in [4.69, 9.17) is 14.6 Å². The first kappa shape index (κ1) is 17.5. The Morgan fingerprint density at radius 1 is 1.04 bits per heavy atom. The van der Waals surface area contributed by atoms with Gasteiger partial charge in [0.15, 0.2) is 0 Å². The third-order valence-corrected chi connectivity index (χ3v) is 5.14. The van der Waals surface area contributed by atoms with Crippen LogP contribution >= 0.6 is 0 Å². The minimum Gasteiger partial charge on any atom is -0.497 e. The van der Waals surface area contributed by atoms with Gasteiger partial charge in [0.2, 0.25) is 0 Å². The molecular weight excluding hydrogens is 338 g/mol. The summed E-state index contributed by atoms with van der Waals surface area (Å²) >= 11 is 0. The van der Waals surface area contributed by atoms with Crippen molar-refractivity contribution >= 4 is 5.82 Å². The van der Waals surface area contributed by atoms with Crippen molar-refractivity contribution in [1.29, 1.82) is 0 Å². The van der Waals surface area contributed by atoms with E-state index < -0.39 is 0 Å². The molecule has 0 unspecified atom stereocenters. The number of anilines is 1. The molecule has 0 bridgehead atoms. The highest BCUT2D eigenvalue weighted by Crippen LogP contribution is 2.39. The zero-order valence-electron chi connectivity index (χ0n) is 16.1. The predicted octanol–water partition coefficient (Wildman–Crippen LogP) is 4.61. The van der Waals surface area contributed by atoms with Crippen molar-refractivity contribution < 1.29 is 9.47 Å². The van der Waals surface area contributed by atoms with Crippen molar-refractivity contribution in [2.45, 2.75) is 26.2 Å². The van der Waals surface area contributed by atoms with Crippen molar-refractivity contribution in [3.8, 4) is 28.4 Å². The first-order valence-corrected chi connectivity index (χ1v) is 9.37. The molecule has 0 spiro atoms. The summed E-state index contributed by atoms with van der Waals surface area (Å²) in [7, 11) is 3.35. The molecule has 1 N–H and O–H groups in total. The second-order valence-corrected chi connectivity index (χ2v) is 6.82. The van der Waals surface area contributed by atoms with Gasteiger partial charge in [-0.1, -0.05) is 18.2 Å². The van der Waals surface area contributed by atoms with Gasteiger partial charge < -0.3 is 14.8 Å². The predicted molar refractivity (Wildman–Crippen MR) is 108 cm³/mol. The van der Waals surface area contributed by atoms with E-state index in [9.17, 15) is 0 Å². The Labute approximate surface area is 159 Å². The van der Waals surface area contributed by atoms with Gasteiger partial charge >= 0.3 is 0 Å². The molecule has 1 aliphatic heterocycles. The van der Waals surface area contributed by atoms with E-state index in [0.29, 0.717) is 0 Å². The van der Waals surface area contributed by atoms with Crippen LogP contribution in [-0.4, -0.2) is 30.5 Å². The van der Waals surface area contributed by atoms with Crippen LogP contribution in [0.5, 0.6) is 11.5 Å². The topological polar surface area (TPSA) is 48.3 Å². The molecule has 5 heteroatoms. The van der Waals surface area contributed by atoms with Crippen LogP contribution in [0.3, 0.4) is 0 Å². The van der Waals surface area contributed by atoms with E-state index in [-0.39, 0.29) is 0 Å². The Balaban J connectivity index is 1.93. The summed E-state index contributed by atoms with van der Waals surface area (Å²) in [5.74, 6) is 2.64. The molecule has 4 rings (SSSR count). The molecule has 0 aliphatic carbocycles. The third kappa shape index (κ3) is 3.14. The second-order valence-electron chi connectivity index (χ2n) is 6.82. The number of nitrogens with one attached hydrogen (secondary N) is 1. The number of para-hydroxylation sites is 1. The fourth-order valence-corrected chi connectivity index (χ4v) is 3.69. The molecule has 140 valence electrons. The lowest BCUT2D eigenvalue weighted by Crippen LogP contribution is -2.08. The van der Waals surface area contributed by atoms with Crippen LogP contribution in [0.1, 0.15) is 24.0 Å². The molecule has 0 saturated heterocycles. The first-order valence-electron chi connectivity index (χ1n) is 9.37. The number of methoxy groups -OCH3 is 2. The zero-order chi connectivity index (χ0) is 18.8. The highest BCUT2D eigenvalue weighted by Gasteiger charge is 2.24. The quantitative estimate of drug-likeness (QED) is 0.735. The van der Waals surface area contributed by atoms with Gasteiger partial charge in [-0.25, -0.2) is 4.68 Å². The van der Waals surface area contributed by atoms with Crippen LogP contribution in [0.25, 0.3) is 16.9 Å². The third-order valence-electron chi connectivity index (χ3n) is 5.14. The lowest BCUT2D eigenvalue weighted by Gasteiger charge is -2.11. The van der Waals surface area contributed by atoms with Gasteiger partial charge in [0.25, 0.3) is 0 Å². The summed E-state index contributed by atoms with van der Waals surface area (Å²) < 4.78 is 13.1. The van der Waals surface area contributed by atoms with E-state index in [2.05, 4.69) is 41.2 Å². The van der Waals surface area contributed by atoms with Crippen molar-refractivity contribution in [2.75, 3.05) is 26.1 Å². The summed E-state index contributed by atoms with van der Waals surface area (Å²) in [6, 6.07) is 14.3. The van der Waals surface area contributed by atoms with Crippen LogP contribution in [0.2, 0.25) is 0 Å². The summed E-state index contributed by atoms with van der Waals surface area (Å²) in [4.78, 5) is 0. The fourth-order valence-electron chi connectivity index (χ4n) is 3.69. The number of rotatable bonds is 4. The van der Waals surface area contributed by atoms with E-state index >= 15 is 0 Å². The van der Waals surface area contributed by atoms with Gasteiger partial charge in [-0.15, -0.1) is 0 Å². The standard InChI is InChI=1S/C22H25N3O2/c1-15-8-4-5-10-19(15)25-22-18(9-6-7-13-23-22)21(24-25)17-12-11-16(26-2)14-20(17)27-3/h4-5,8,10-12,14,23H,6-7,9,13H2,1-3H3. The lowest BCUT2D eigenvalue weighted by atomic mass is 10.0. The molecule has 3 aromatic rings.